The van der Waals surface area contributed by atoms with E-state index in [0.29, 0.717) is 5.41 Å². The van der Waals surface area contributed by atoms with E-state index in [4.69, 9.17) is 9.90 Å². The number of hydrogen-bond donors (Lipinski definition) is 2. The third-order valence-electron chi connectivity index (χ3n) is 5.16. The van der Waals surface area contributed by atoms with Crippen LogP contribution in [0.5, 0.6) is 0 Å². The Bertz CT molecular complexity index is 620. The van der Waals surface area contributed by atoms with E-state index in [0.717, 1.165) is 38.7 Å². The molecule has 158 valence electrons. The van der Waals surface area contributed by atoms with Crippen LogP contribution in [0, 0.1) is 5.41 Å². The van der Waals surface area contributed by atoms with Gasteiger partial charge in [-0.1, -0.05) is 0 Å². The van der Waals surface area contributed by atoms with Crippen molar-refractivity contribution in [2.24, 2.45) is 5.41 Å². The van der Waals surface area contributed by atoms with E-state index < -0.39 is 12.1 Å². The number of aliphatic carboxylic acids is 1. The van der Waals surface area contributed by atoms with E-state index in [1.807, 2.05) is 25.4 Å². The molecule has 0 saturated carbocycles. The van der Waals surface area contributed by atoms with Gasteiger partial charge < -0.3 is 20.0 Å². The highest BCUT2D eigenvalue weighted by Gasteiger charge is 2.39. The van der Waals surface area contributed by atoms with Crippen molar-refractivity contribution >= 4 is 11.9 Å². The molecule has 3 rings (SSSR count). The van der Waals surface area contributed by atoms with E-state index in [2.05, 4.69) is 19.8 Å². The lowest BCUT2D eigenvalue weighted by atomic mass is 9.72. The Morgan fingerprint density at radius 3 is 2.29 bits per heavy atom. The van der Waals surface area contributed by atoms with Crippen molar-refractivity contribution in [1.29, 1.82) is 0 Å². The molecule has 7 nitrogen and oxygen atoms in total. The summed E-state index contributed by atoms with van der Waals surface area (Å²) >= 11 is 0. The third kappa shape index (κ3) is 6.59. The Labute approximate surface area is 162 Å². The van der Waals surface area contributed by atoms with Crippen LogP contribution >= 0.6 is 0 Å². The molecule has 0 bridgehead atoms. The van der Waals surface area contributed by atoms with Crippen LogP contribution in [0.4, 0.5) is 19.1 Å². The summed E-state index contributed by atoms with van der Waals surface area (Å²) in [6, 6.07) is 1.87. The molecule has 1 aromatic rings. The largest absolute Gasteiger partial charge is 0.490 e. The Kier molecular flexibility index (Phi) is 7.59. The summed E-state index contributed by atoms with van der Waals surface area (Å²) in [5.74, 6) is -1.89. The fourth-order valence-corrected chi connectivity index (χ4v) is 3.88. The van der Waals surface area contributed by atoms with Crippen LogP contribution in [0.1, 0.15) is 32.6 Å². The molecule has 2 fully saturated rings. The second kappa shape index (κ2) is 9.51. The van der Waals surface area contributed by atoms with Gasteiger partial charge in [0, 0.05) is 38.6 Å². The third-order valence-corrected chi connectivity index (χ3v) is 5.16. The molecule has 1 atom stereocenters. The lowest BCUT2D eigenvalue weighted by Gasteiger charge is -2.48. The molecular weight excluding hydrogens is 377 g/mol. The number of alkyl halides is 3. The molecule has 0 aliphatic carbocycles. The fourth-order valence-electron chi connectivity index (χ4n) is 3.88. The molecule has 0 amide bonds. The molecule has 28 heavy (non-hydrogen) atoms. The number of halogens is 3. The Morgan fingerprint density at radius 1 is 1.21 bits per heavy atom. The number of carbonyl (C=O) groups is 1. The van der Waals surface area contributed by atoms with Crippen molar-refractivity contribution < 1.29 is 28.2 Å². The van der Waals surface area contributed by atoms with Crippen molar-refractivity contribution in [3.05, 3.63) is 18.5 Å². The normalized spacial score (nSPS) is 21.0. The van der Waals surface area contributed by atoms with Crippen LogP contribution in [-0.4, -0.2) is 76.1 Å². The molecule has 1 unspecified atom stereocenters. The van der Waals surface area contributed by atoms with Gasteiger partial charge in [0.1, 0.15) is 0 Å². The maximum atomic E-state index is 10.6. The van der Waals surface area contributed by atoms with Gasteiger partial charge in [0.05, 0.1) is 6.10 Å². The highest BCUT2D eigenvalue weighted by Crippen LogP contribution is 2.40. The smallest absolute Gasteiger partial charge is 0.475 e. The van der Waals surface area contributed by atoms with Crippen LogP contribution in [0.15, 0.2) is 18.5 Å². The number of β-amino-alcohol motifs (C(OH)–C–C–N with tert-alkyl or cyclic N) is 1. The van der Waals surface area contributed by atoms with Crippen LogP contribution < -0.4 is 4.90 Å². The minimum atomic E-state index is -5.08. The summed E-state index contributed by atoms with van der Waals surface area (Å²) in [6.07, 6.45) is 3.33. The maximum Gasteiger partial charge on any atom is 0.490 e. The van der Waals surface area contributed by atoms with Crippen LogP contribution in [0.2, 0.25) is 0 Å². The Hall–Kier alpha value is -1.94. The summed E-state index contributed by atoms with van der Waals surface area (Å²) in [5, 5.41) is 16.7. The predicted octanol–water partition coefficient (Wildman–Crippen LogP) is 2.17. The second-order valence-electron chi connectivity index (χ2n) is 7.53. The number of aliphatic hydroxyl groups is 1. The molecule has 2 saturated heterocycles. The minimum absolute atomic E-state index is 0.224. The number of likely N-dealkylation sites (tertiary alicyclic amines) is 1. The molecule has 1 aromatic heterocycles. The van der Waals surface area contributed by atoms with Gasteiger partial charge in [-0.25, -0.2) is 14.8 Å². The van der Waals surface area contributed by atoms with Gasteiger partial charge >= 0.3 is 12.1 Å². The first kappa shape index (κ1) is 22.4. The lowest BCUT2D eigenvalue weighted by Crippen LogP contribution is -2.51. The lowest BCUT2D eigenvalue weighted by molar-refractivity contribution is -0.192. The first-order valence-electron chi connectivity index (χ1n) is 9.34. The van der Waals surface area contributed by atoms with E-state index in [9.17, 15) is 18.3 Å². The van der Waals surface area contributed by atoms with Crippen LogP contribution in [-0.2, 0) is 4.79 Å². The SMILES string of the molecule is CC(O)CN1CCCC2(CCN(c3ncccn3)CC2)C1.O=C(O)C(F)(F)F. The molecular formula is C18H27F3N4O3. The van der Waals surface area contributed by atoms with E-state index in [1.54, 1.807) is 0 Å². The average molecular weight is 404 g/mol. The van der Waals surface area contributed by atoms with Crippen LogP contribution in [0.3, 0.4) is 0 Å². The predicted molar refractivity (Wildman–Crippen MR) is 97.0 cm³/mol. The quantitative estimate of drug-likeness (QED) is 0.798. The van der Waals surface area contributed by atoms with Crippen molar-refractivity contribution in [3.8, 4) is 0 Å². The first-order valence-corrected chi connectivity index (χ1v) is 9.34. The number of anilines is 1. The summed E-state index contributed by atoms with van der Waals surface area (Å²) in [4.78, 5) is 22.4. The van der Waals surface area contributed by atoms with Gasteiger partial charge in [0.15, 0.2) is 0 Å². The zero-order chi connectivity index (χ0) is 20.8. The van der Waals surface area contributed by atoms with Crippen molar-refractivity contribution in [1.82, 2.24) is 14.9 Å². The Morgan fingerprint density at radius 2 is 1.79 bits per heavy atom. The zero-order valence-electron chi connectivity index (χ0n) is 15.9. The molecule has 2 N–H and O–H groups in total. The van der Waals surface area contributed by atoms with Gasteiger partial charge in [-0.05, 0) is 50.6 Å². The first-order chi connectivity index (χ1) is 13.1. The van der Waals surface area contributed by atoms with Gasteiger partial charge in [0.25, 0.3) is 0 Å². The second-order valence-corrected chi connectivity index (χ2v) is 7.53. The number of aromatic nitrogens is 2. The summed E-state index contributed by atoms with van der Waals surface area (Å²) in [6.45, 7) is 7.07. The van der Waals surface area contributed by atoms with Crippen molar-refractivity contribution in [3.63, 3.8) is 0 Å². The fraction of sp³-hybridized carbons (Fsp3) is 0.722. The van der Waals surface area contributed by atoms with Crippen LogP contribution in [0.25, 0.3) is 0 Å². The number of hydrogen-bond acceptors (Lipinski definition) is 6. The number of rotatable bonds is 3. The minimum Gasteiger partial charge on any atom is -0.475 e. The summed E-state index contributed by atoms with van der Waals surface area (Å²) in [7, 11) is 0. The summed E-state index contributed by atoms with van der Waals surface area (Å²) in [5.41, 5.74) is 0.443. The highest BCUT2D eigenvalue weighted by atomic mass is 19.4. The van der Waals surface area contributed by atoms with Gasteiger partial charge in [-0.2, -0.15) is 13.2 Å². The topological polar surface area (TPSA) is 89.8 Å². The van der Waals surface area contributed by atoms with Gasteiger partial charge in [-0.3, -0.25) is 0 Å². The highest BCUT2D eigenvalue weighted by molar-refractivity contribution is 5.73. The molecule has 2 aliphatic heterocycles. The van der Waals surface area contributed by atoms with E-state index in [1.165, 1.54) is 25.7 Å². The van der Waals surface area contributed by atoms with Crippen molar-refractivity contribution in [2.45, 2.75) is 44.9 Å². The monoisotopic (exact) mass is 404 g/mol. The average Bonchev–Trinajstić information content (AvgIpc) is 2.62. The van der Waals surface area contributed by atoms with Gasteiger partial charge in [-0.15, -0.1) is 0 Å². The Balaban J connectivity index is 0.000000345. The number of piperidine rings is 2. The maximum absolute atomic E-state index is 10.6. The number of aliphatic hydroxyl groups excluding tert-OH is 1. The van der Waals surface area contributed by atoms with E-state index >= 15 is 0 Å². The number of nitrogens with zero attached hydrogens (tertiary/aromatic N) is 4. The molecule has 10 heteroatoms. The molecule has 0 radical (unpaired) electrons. The van der Waals surface area contributed by atoms with E-state index in [-0.39, 0.29) is 6.10 Å². The molecule has 3 heterocycles. The summed E-state index contributed by atoms with van der Waals surface area (Å²) < 4.78 is 31.7. The molecule has 2 aliphatic rings. The standard InChI is InChI=1S/C16H26N4O.C2HF3O2/c1-14(21)12-19-9-2-4-16(13-19)5-10-20(11-6-16)15-17-7-3-8-18-15;3-2(4,5)1(6)7/h3,7-8,14,21H,2,4-6,9-13H2,1H3;(H,6,7). The zero-order valence-corrected chi connectivity index (χ0v) is 15.9. The number of carboxylic acids is 1. The molecule has 1 spiro atoms. The molecule has 0 aromatic carbocycles. The number of carboxylic acid groups (broad SMARTS) is 1. The van der Waals surface area contributed by atoms with Crippen molar-refractivity contribution in [2.75, 3.05) is 37.6 Å². The van der Waals surface area contributed by atoms with Gasteiger partial charge in [0.2, 0.25) is 5.95 Å².